The second kappa shape index (κ2) is 8.08. The van der Waals surface area contributed by atoms with Gasteiger partial charge in [-0.2, -0.15) is 0 Å². The molecule has 0 rings (SSSR count). The van der Waals surface area contributed by atoms with Crippen molar-refractivity contribution >= 4 is 42.3 Å². The molecule has 0 aliphatic rings. The highest BCUT2D eigenvalue weighted by Gasteiger charge is 2.56. The van der Waals surface area contributed by atoms with E-state index in [1.165, 1.54) is 0 Å². The highest BCUT2D eigenvalue weighted by Crippen LogP contribution is 2.31. The standard InChI is InChI=1S/C14H40O4Si5/c1-13-21(9,10)17-23(15-19(3,4)5,16-20(6,7)8)18-22(11,12)14-2/h13-14H2,1-12H3. The number of hydrogen-bond acceptors (Lipinski definition) is 4. The first-order valence-electron chi connectivity index (χ1n) is 8.75. The lowest BCUT2D eigenvalue weighted by Crippen LogP contribution is -2.65. The molecule has 23 heavy (non-hydrogen) atoms. The van der Waals surface area contributed by atoms with Crippen molar-refractivity contribution in [2.75, 3.05) is 0 Å². The molecule has 4 nitrogen and oxygen atoms in total. The Labute approximate surface area is 150 Å². The average Bonchev–Trinajstić information content (AvgIpc) is 2.22. The maximum atomic E-state index is 6.68. The van der Waals surface area contributed by atoms with Crippen molar-refractivity contribution in [2.24, 2.45) is 0 Å². The van der Waals surface area contributed by atoms with Gasteiger partial charge in [0.1, 0.15) is 0 Å². The second-order valence-corrected chi connectivity index (χ2v) is 30.5. The van der Waals surface area contributed by atoms with Gasteiger partial charge in [0.25, 0.3) is 0 Å². The van der Waals surface area contributed by atoms with Crippen molar-refractivity contribution in [1.82, 2.24) is 0 Å². The van der Waals surface area contributed by atoms with Gasteiger partial charge in [0.15, 0.2) is 33.3 Å². The third kappa shape index (κ3) is 10.5. The molecule has 9 heteroatoms. The van der Waals surface area contributed by atoms with Gasteiger partial charge in [0, 0.05) is 0 Å². The smallest absolute Gasteiger partial charge is 0.396 e. The van der Waals surface area contributed by atoms with E-state index in [-0.39, 0.29) is 0 Å². The first kappa shape index (κ1) is 23.9. The van der Waals surface area contributed by atoms with Crippen molar-refractivity contribution < 1.29 is 16.5 Å². The molecule has 0 aliphatic heterocycles. The van der Waals surface area contributed by atoms with Gasteiger partial charge in [-0.25, -0.2) is 0 Å². The van der Waals surface area contributed by atoms with E-state index in [4.69, 9.17) is 16.5 Å². The average molecular weight is 413 g/mol. The van der Waals surface area contributed by atoms with Crippen LogP contribution in [0.3, 0.4) is 0 Å². The summed E-state index contributed by atoms with van der Waals surface area (Å²) in [6.45, 7) is 26.5. The van der Waals surface area contributed by atoms with E-state index in [0.29, 0.717) is 0 Å². The van der Waals surface area contributed by atoms with Crippen LogP contribution in [0, 0.1) is 0 Å². The summed E-state index contributed by atoms with van der Waals surface area (Å²) in [4.78, 5) is 0. The predicted octanol–water partition coefficient (Wildman–Crippen LogP) is 5.61. The molecule has 0 amide bonds. The van der Waals surface area contributed by atoms with Crippen molar-refractivity contribution in [3.63, 3.8) is 0 Å². The van der Waals surface area contributed by atoms with Crippen LogP contribution in [-0.4, -0.2) is 42.3 Å². The van der Waals surface area contributed by atoms with Crippen LogP contribution in [0.4, 0.5) is 0 Å². The fourth-order valence-electron chi connectivity index (χ4n) is 1.70. The molecular weight excluding hydrogens is 373 g/mol. The Balaban J connectivity index is 5.89. The molecule has 0 unspecified atom stereocenters. The summed E-state index contributed by atoms with van der Waals surface area (Å²) in [6.07, 6.45) is 0. The van der Waals surface area contributed by atoms with Crippen molar-refractivity contribution in [3.05, 3.63) is 0 Å². The van der Waals surface area contributed by atoms with Crippen LogP contribution in [0.25, 0.3) is 0 Å². The summed E-state index contributed by atoms with van der Waals surface area (Å²) in [6, 6.07) is 2.06. The van der Waals surface area contributed by atoms with Gasteiger partial charge in [-0.1, -0.05) is 13.8 Å². The molecule has 0 N–H and O–H groups in total. The van der Waals surface area contributed by atoms with Gasteiger partial charge in [0.2, 0.25) is 0 Å². The maximum Gasteiger partial charge on any atom is 0.636 e. The Hall–Kier alpha value is 0.924. The first-order chi connectivity index (χ1) is 9.95. The number of rotatable bonds is 10. The molecule has 0 atom stereocenters. The highest BCUT2D eigenvalue weighted by atomic mass is 28.5. The minimum Gasteiger partial charge on any atom is -0.396 e. The Morgan fingerprint density at radius 2 is 0.739 bits per heavy atom. The van der Waals surface area contributed by atoms with E-state index < -0.39 is 42.3 Å². The monoisotopic (exact) mass is 412 g/mol. The molecule has 0 saturated heterocycles. The summed E-state index contributed by atoms with van der Waals surface area (Å²) in [5.74, 6) is 0. The molecule has 0 bridgehead atoms. The molecular formula is C14H40O4Si5. The van der Waals surface area contributed by atoms with Gasteiger partial charge < -0.3 is 16.5 Å². The van der Waals surface area contributed by atoms with Gasteiger partial charge in [-0.3, -0.25) is 0 Å². The molecule has 0 aliphatic carbocycles. The van der Waals surface area contributed by atoms with Crippen LogP contribution in [0.15, 0.2) is 0 Å². The summed E-state index contributed by atoms with van der Waals surface area (Å²) >= 11 is 0. The van der Waals surface area contributed by atoms with Crippen LogP contribution in [0.2, 0.25) is 77.6 Å². The van der Waals surface area contributed by atoms with Crippen molar-refractivity contribution in [2.45, 2.75) is 91.4 Å². The van der Waals surface area contributed by atoms with Crippen molar-refractivity contribution in [3.8, 4) is 0 Å². The van der Waals surface area contributed by atoms with E-state index in [9.17, 15) is 0 Å². The van der Waals surface area contributed by atoms with E-state index in [2.05, 4.69) is 79.3 Å². The summed E-state index contributed by atoms with van der Waals surface area (Å²) in [5.41, 5.74) is 0. The minimum absolute atomic E-state index is 1.03. The second-order valence-electron chi connectivity index (χ2n) is 9.36. The fraction of sp³-hybridized carbons (Fsp3) is 1.00. The fourth-order valence-corrected chi connectivity index (χ4v) is 17.5. The van der Waals surface area contributed by atoms with Gasteiger partial charge >= 0.3 is 9.05 Å². The summed E-state index contributed by atoms with van der Waals surface area (Å²) in [7, 11) is -10.6. The van der Waals surface area contributed by atoms with Crippen molar-refractivity contribution in [1.29, 1.82) is 0 Å². The topological polar surface area (TPSA) is 36.9 Å². The van der Waals surface area contributed by atoms with Crippen LogP contribution >= 0.6 is 0 Å². The Morgan fingerprint density at radius 3 is 0.913 bits per heavy atom. The Morgan fingerprint density at radius 1 is 0.478 bits per heavy atom. The zero-order chi connectivity index (χ0) is 18.7. The van der Waals surface area contributed by atoms with Gasteiger partial charge in [0.05, 0.1) is 0 Å². The molecule has 0 radical (unpaired) electrons. The molecule has 0 heterocycles. The lowest BCUT2D eigenvalue weighted by atomic mass is 11.0. The zero-order valence-electron chi connectivity index (χ0n) is 17.5. The number of hydrogen-bond donors (Lipinski definition) is 0. The molecule has 0 aromatic rings. The van der Waals surface area contributed by atoms with E-state index in [1.807, 2.05) is 0 Å². The summed E-state index contributed by atoms with van der Waals surface area (Å²) in [5, 5.41) is 0. The first-order valence-corrected chi connectivity index (χ1v) is 23.4. The molecule has 140 valence electrons. The molecule has 0 saturated carbocycles. The zero-order valence-corrected chi connectivity index (χ0v) is 22.5. The maximum absolute atomic E-state index is 6.68. The molecule has 0 spiro atoms. The van der Waals surface area contributed by atoms with Crippen LogP contribution in [-0.2, 0) is 16.5 Å². The van der Waals surface area contributed by atoms with Gasteiger partial charge in [-0.05, 0) is 77.6 Å². The van der Waals surface area contributed by atoms with E-state index in [0.717, 1.165) is 12.1 Å². The van der Waals surface area contributed by atoms with E-state index in [1.54, 1.807) is 0 Å². The molecule has 0 aromatic heterocycles. The predicted molar refractivity (Wildman–Crippen MR) is 113 cm³/mol. The molecule has 0 aromatic carbocycles. The molecule has 0 fully saturated rings. The minimum atomic E-state index is -3.13. The SMILES string of the molecule is CC[Si](C)(C)O[Si](O[Si](C)(C)C)(O[Si](C)(C)C)O[Si](C)(C)CC. The Kier molecular flexibility index (Phi) is 8.41. The summed E-state index contributed by atoms with van der Waals surface area (Å²) < 4.78 is 26.5. The third-order valence-corrected chi connectivity index (χ3v) is 20.1. The van der Waals surface area contributed by atoms with Gasteiger partial charge in [-0.15, -0.1) is 0 Å². The third-order valence-electron chi connectivity index (χ3n) is 3.37. The lowest BCUT2D eigenvalue weighted by Gasteiger charge is -2.44. The van der Waals surface area contributed by atoms with Crippen LogP contribution < -0.4 is 0 Å². The lowest BCUT2D eigenvalue weighted by molar-refractivity contribution is 0.147. The highest BCUT2D eigenvalue weighted by molar-refractivity contribution is 6.91. The Bertz CT molecular complexity index is 338. The van der Waals surface area contributed by atoms with Crippen LogP contribution in [0.1, 0.15) is 13.8 Å². The van der Waals surface area contributed by atoms with Crippen LogP contribution in [0.5, 0.6) is 0 Å². The quantitative estimate of drug-likeness (QED) is 0.437. The van der Waals surface area contributed by atoms with E-state index >= 15 is 0 Å². The normalized spacial score (nSPS) is 15.1. The largest absolute Gasteiger partial charge is 0.636 e.